The van der Waals surface area contributed by atoms with Crippen LogP contribution in [0, 0.1) is 6.92 Å². The lowest BCUT2D eigenvalue weighted by atomic mass is 10.1. The smallest absolute Gasteiger partial charge is 0.182 e. The highest BCUT2D eigenvalue weighted by molar-refractivity contribution is 5.96. The van der Waals surface area contributed by atoms with Crippen molar-refractivity contribution in [2.45, 2.75) is 13.5 Å². The Bertz CT molecular complexity index is 776. The van der Waals surface area contributed by atoms with Crippen LogP contribution < -0.4 is 5.73 Å². The molecule has 2 aromatic heterocycles. The number of nitrogens with zero attached hydrogens (tertiary/aromatic N) is 4. The molecule has 6 heteroatoms. The van der Waals surface area contributed by atoms with Gasteiger partial charge < -0.3 is 10.3 Å². The van der Waals surface area contributed by atoms with Gasteiger partial charge in [0.2, 0.25) is 0 Å². The van der Waals surface area contributed by atoms with E-state index in [2.05, 4.69) is 15.0 Å². The molecule has 0 saturated carbocycles. The molecular formula is C14H13N5O. The molecule has 3 rings (SSSR count). The Labute approximate surface area is 115 Å². The molecule has 20 heavy (non-hydrogen) atoms. The number of aromatic nitrogens is 4. The van der Waals surface area contributed by atoms with Crippen LogP contribution in [0.2, 0.25) is 0 Å². The summed E-state index contributed by atoms with van der Waals surface area (Å²) >= 11 is 0. The number of nitrogen functional groups attached to an aromatic ring is 1. The van der Waals surface area contributed by atoms with E-state index in [4.69, 9.17) is 5.73 Å². The fourth-order valence-electron chi connectivity index (χ4n) is 2.00. The highest BCUT2D eigenvalue weighted by atomic mass is 16.1. The molecule has 0 unspecified atom stereocenters. The molecule has 3 aromatic rings. The molecule has 0 atom stereocenters. The monoisotopic (exact) mass is 267 g/mol. The molecule has 0 bridgehead atoms. The zero-order valence-corrected chi connectivity index (χ0v) is 10.9. The summed E-state index contributed by atoms with van der Waals surface area (Å²) in [7, 11) is 0. The van der Waals surface area contributed by atoms with Crippen molar-refractivity contribution in [1.82, 2.24) is 19.5 Å². The summed E-state index contributed by atoms with van der Waals surface area (Å²) in [6.07, 6.45) is 2.92. The second-order valence-corrected chi connectivity index (χ2v) is 4.59. The van der Waals surface area contributed by atoms with Crippen molar-refractivity contribution >= 4 is 22.8 Å². The number of hydrogen-bond donors (Lipinski definition) is 1. The molecule has 0 aliphatic rings. The minimum Gasteiger partial charge on any atom is -0.382 e. The van der Waals surface area contributed by atoms with Gasteiger partial charge >= 0.3 is 0 Å². The van der Waals surface area contributed by atoms with Gasteiger partial charge in [-0.25, -0.2) is 15.0 Å². The summed E-state index contributed by atoms with van der Waals surface area (Å²) in [5.74, 6) is 0.318. The van der Waals surface area contributed by atoms with Crippen molar-refractivity contribution in [2.24, 2.45) is 0 Å². The first-order valence-corrected chi connectivity index (χ1v) is 6.16. The molecule has 2 heterocycles. The number of nitrogens with two attached hydrogens (primary N) is 1. The SMILES string of the molecule is Cc1ccc(C(=O)Cn2cnc3c(N)ncnc32)cc1. The van der Waals surface area contributed by atoms with Crippen LogP contribution in [0.25, 0.3) is 11.2 Å². The maximum absolute atomic E-state index is 12.2. The first-order chi connectivity index (χ1) is 9.65. The molecule has 1 aromatic carbocycles. The lowest BCUT2D eigenvalue weighted by Gasteiger charge is -2.04. The van der Waals surface area contributed by atoms with Crippen LogP contribution in [-0.4, -0.2) is 25.3 Å². The maximum atomic E-state index is 12.2. The lowest BCUT2D eigenvalue weighted by Crippen LogP contribution is -2.10. The van der Waals surface area contributed by atoms with E-state index < -0.39 is 0 Å². The number of fused-ring (bicyclic) bond motifs is 1. The van der Waals surface area contributed by atoms with E-state index in [0.29, 0.717) is 22.5 Å². The highest BCUT2D eigenvalue weighted by Gasteiger charge is 2.12. The molecule has 0 aliphatic carbocycles. The molecule has 0 fully saturated rings. The molecule has 0 spiro atoms. The Kier molecular flexibility index (Phi) is 2.90. The number of aryl methyl sites for hydroxylation is 1. The van der Waals surface area contributed by atoms with Crippen LogP contribution in [0.15, 0.2) is 36.9 Å². The van der Waals surface area contributed by atoms with Crippen LogP contribution >= 0.6 is 0 Å². The largest absolute Gasteiger partial charge is 0.382 e. The summed E-state index contributed by atoms with van der Waals surface area (Å²) in [5.41, 5.74) is 8.59. The van der Waals surface area contributed by atoms with Crippen LogP contribution in [-0.2, 0) is 6.54 Å². The third-order valence-electron chi connectivity index (χ3n) is 3.12. The van der Waals surface area contributed by atoms with Crippen LogP contribution in [0.5, 0.6) is 0 Å². The van der Waals surface area contributed by atoms with Gasteiger partial charge in [-0.1, -0.05) is 29.8 Å². The molecule has 0 aliphatic heterocycles. The van der Waals surface area contributed by atoms with Crippen molar-refractivity contribution in [3.63, 3.8) is 0 Å². The van der Waals surface area contributed by atoms with Gasteiger partial charge in [0.1, 0.15) is 11.8 Å². The summed E-state index contributed by atoms with van der Waals surface area (Å²) in [6, 6.07) is 7.47. The van der Waals surface area contributed by atoms with E-state index >= 15 is 0 Å². The summed E-state index contributed by atoms with van der Waals surface area (Å²) in [4.78, 5) is 24.4. The van der Waals surface area contributed by atoms with Crippen molar-refractivity contribution in [1.29, 1.82) is 0 Å². The second-order valence-electron chi connectivity index (χ2n) is 4.59. The van der Waals surface area contributed by atoms with Crippen molar-refractivity contribution in [3.8, 4) is 0 Å². The first kappa shape index (κ1) is 12.3. The average molecular weight is 267 g/mol. The summed E-state index contributed by atoms with van der Waals surface area (Å²) in [5, 5.41) is 0. The topological polar surface area (TPSA) is 86.7 Å². The highest BCUT2D eigenvalue weighted by Crippen LogP contribution is 2.15. The van der Waals surface area contributed by atoms with Gasteiger partial charge in [-0.15, -0.1) is 0 Å². The minimum absolute atomic E-state index is 0.00137. The van der Waals surface area contributed by atoms with E-state index in [1.54, 1.807) is 10.9 Å². The average Bonchev–Trinajstić information content (AvgIpc) is 2.84. The van der Waals surface area contributed by atoms with Gasteiger partial charge in [-0.2, -0.15) is 0 Å². The number of hydrogen-bond acceptors (Lipinski definition) is 5. The molecule has 2 N–H and O–H groups in total. The predicted octanol–water partition coefficient (Wildman–Crippen LogP) is 1.60. The zero-order chi connectivity index (χ0) is 14.1. The first-order valence-electron chi connectivity index (χ1n) is 6.16. The number of carbonyl (C=O) groups is 1. The third-order valence-corrected chi connectivity index (χ3v) is 3.12. The zero-order valence-electron chi connectivity index (χ0n) is 10.9. The number of rotatable bonds is 3. The molecule has 0 radical (unpaired) electrons. The predicted molar refractivity (Wildman–Crippen MR) is 75.2 cm³/mol. The van der Waals surface area contributed by atoms with Crippen LogP contribution in [0.4, 0.5) is 5.82 Å². The van der Waals surface area contributed by atoms with Crippen molar-refractivity contribution < 1.29 is 4.79 Å². The molecular weight excluding hydrogens is 254 g/mol. The Balaban J connectivity index is 1.91. The summed E-state index contributed by atoms with van der Waals surface area (Å²) in [6.45, 7) is 2.16. The van der Waals surface area contributed by atoms with Gasteiger partial charge in [0.25, 0.3) is 0 Å². The Morgan fingerprint density at radius 1 is 1.20 bits per heavy atom. The molecule has 0 amide bonds. The number of ketones is 1. The van der Waals surface area contributed by atoms with Crippen LogP contribution in [0.3, 0.4) is 0 Å². The molecule has 100 valence electrons. The second kappa shape index (κ2) is 4.73. The van der Waals surface area contributed by atoms with Gasteiger partial charge in [-0.05, 0) is 6.92 Å². The van der Waals surface area contributed by atoms with Gasteiger partial charge in [0.05, 0.1) is 12.9 Å². The fraction of sp³-hybridized carbons (Fsp3) is 0.143. The Hall–Kier alpha value is -2.76. The Morgan fingerprint density at radius 2 is 1.95 bits per heavy atom. The number of Topliss-reactive ketones (excluding diaryl/α,β-unsaturated/α-hetero) is 1. The van der Waals surface area contributed by atoms with E-state index in [1.165, 1.54) is 6.33 Å². The number of benzene rings is 1. The van der Waals surface area contributed by atoms with Crippen molar-refractivity contribution in [2.75, 3.05) is 5.73 Å². The number of carbonyl (C=O) groups excluding carboxylic acids is 1. The normalized spacial score (nSPS) is 10.8. The Morgan fingerprint density at radius 3 is 2.70 bits per heavy atom. The minimum atomic E-state index is 0.00137. The quantitative estimate of drug-likeness (QED) is 0.728. The maximum Gasteiger partial charge on any atom is 0.182 e. The van der Waals surface area contributed by atoms with Crippen molar-refractivity contribution in [3.05, 3.63) is 48.0 Å². The van der Waals surface area contributed by atoms with Crippen LogP contribution in [0.1, 0.15) is 15.9 Å². The molecule has 0 saturated heterocycles. The third kappa shape index (κ3) is 2.11. The number of imidazole rings is 1. The van der Waals surface area contributed by atoms with Gasteiger partial charge in [0, 0.05) is 5.56 Å². The fourth-order valence-corrected chi connectivity index (χ4v) is 2.00. The standard InChI is InChI=1S/C14H13N5O/c1-9-2-4-10(5-3-9)11(20)6-19-8-18-12-13(15)16-7-17-14(12)19/h2-5,7-8H,6H2,1H3,(H2,15,16,17). The van der Waals surface area contributed by atoms with E-state index in [0.717, 1.165) is 5.56 Å². The van der Waals surface area contributed by atoms with Gasteiger partial charge in [0.15, 0.2) is 17.2 Å². The van der Waals surface area contributed by atoms with E-state index in [-0.39, 0.29) is 12.3 Å². The lowest BCUT2D eigenvalue weighted by molar-refractivity contribution is 0.0973. The van der Waals surface area contributed by atoms with Gasteiger partial charge in [-0.3, -0.25) is 4.79 Å². The summed E-state index contributed by atoms with van der Waals surface area (Å²) < 4.78 is 1.68. The van der Waals surface area contributed by atoms with E-state index in [1.807, 2.05) is 31.2 Å². The van der Waals surface area contributed by atoms with E-state index in [9.17, 15) is 4.79 Å². The molecule has 6 nitrogen and oxygen atoms in total. The number of anilines is 1.